The fraction of sp³-hybridized carbons (Fsp3) is 0.273. The van der Waals surface area contributed by atoms with Crippen molar-refractivity contribution >= 4 is 17.9 Å². The Morgan fingerprint density at radius 1 is 1.07 bits per heavy atom. The summed E-state index contributed by atoms with van der Waals surface area (Å²) in [6.07, 6.45) is 2.82. The first-order chi connectivity index (χ1) is 13.9. The molecule has 2 aromatic carbocycles. The van der Waals surface area contributed by atoms with Gasteiger partial charge >= 0.3 is 0 Å². The highest BCUT2D eigenvalue weighted by Crippen LogP contribution is 2.29. The molecule has 29 heavy (non-hydrogen) atoms. The molecule has 2 amide bonds. The zero-order valence-corrected chi connectivity index (χ0v) is 16.7. The van der Waals surface area contributed by atoms with E-state index in [0.29, 0.717) is 30.6 Å². The van der Waals surface area contributed by atoms with E-state index < -0.39 is 17.6 Å². The van der Waals surface area contributed by atoms with Gasteiger partial charge in [0, 0.05) is 6.08 Å². The minimum absolute atomic E-state index is 0.157. The highest BCUT2D eigenvalue weighted by Gasteiger charge is 2.11. The van der Waals surface area contributed by atoms with Crippen LogP contribution in [-0.4, -0.2) is 25.0 Å². The van der Waals surface area contributed by atoms with Gasteiger partial charge in [-0.15, -0.1) is 0 Å². The van der Waals surface area contributed by atoms with Gasteiger partial charge in [0.2, 0.25) is 0 Å². The van der Waals surface area contributed by atoms with E-state index in [1.54, 1.807) is 24.3 Å². The number of carbonyl (C=O) groups is 2. The van der Waals surface area contributed by atoms with E-state index in [1.165, 1.54) is 30.3 Å². The molecule has 7 heteroatoms. The Kier molecular flexibility index (Phi) is 8.21. The molecule has 154 valence electrons. The van der Waals surface area contributed by atoms with Crippen LogP contribution < -0.4 is 20.3 Å². The standard InChI is InChI=1S/C22H25FN2O4/c1-4-28-20-13-16(9-11-19(20)29-14-15(2)3)10-12-21(26)24-25-22(27)17-7-5-6-8-18(17)23/h5-13,15H,4,14H2,1-3H3,(H,24,26)(H,25,27). The molecule has 2 aromatic rings. The minimum atomic E-state index is -0.741. The van der Waals surface area contributed by atoms with E-state index in [-0.39, 0.29) is 5.56 Å². The molecule has 2 N–H and O–H groups in total. The average Bonchev–Trinajstić information content (AvgIpc) is 2.70. The highest BCUT2D eigenvalue weighted by atomic mass is 19.1. The zero-order valence-electron chi connectivity index (χ0n) is 16.7. The van der Waals surface area contributed by atoms with Crippen molar-refractivity contribution in [2.24, 2.45) is 5.92 Å². The number of benzene rings is 2. The molecular weight excluding hydrogens is 375 g/mol. The van der Waals surface area contributed by atoms with Crippen molar-refractivity contribution < 1.29 is 23.5 Å². The fourth-order valence-corrected chi connectivity index (χ4v) is 2.32. The molecular formula is C22H25FN2O4. The molecule has 0 aromatic heterocycles. The first-order valence-electron chi connectivity index (χ1n) is 9.33. The molecule has 0 radical (unpaired) electrons. The molecule has 0 heterocycles. The van der Waals surface area contributed by atoms with Gasteiger partial charge in [0.15, 0.2) is 11.5 Å². The van der Waals surface area contributed by atoms with E-state index in [0.717, 1.165) is 5.56 Å². The summed E-state index contributed by atoms with van der Waals surface area (Å²) in [6, 6.07) is 10.8. The van der Waals surface area contributed by atoms with E-state index in [1.807, 2.05) is 6.92 Å². The van der Waals surface area contributed by atoms with Crippen LogP contribution in [0.2, 0.25) is 0 Å². The van der Waals surface area contributed by atoms with Crippen LogP contribution in [0.4, 0.5) is 4.39 Å². The molecule has 0 spiro atoms. The van der Waals surface area contributed by atoms with Gasteiger partial charge in [-0.25, -0.2) is 4.39 Å². The van der Waals surface area contributed by atoms with Crippen LogP contribution in [0.5, 0.6) is 11.5 Å². The Hall–Kier alpha value is -3.35. The summed E-state index contributed by atoms with van der Waals surface area (Å²) < 4.78 is 24.9. The number of hydrogen-bond donors (Lipinski definition) is 2. The van der Waals surface area contributed by atoms with Crippen molar-refractivity contribution in [1.29, 1.82) is 0 Å². The van der Waals surface area contributed by atoms with Crippen molar-refractivity contribution in [3.8, 4) is 11.5 Å². The van der Waals surface area contributed by atoms with E-state index >= 15 is 0 Å². The van der Waals surface area contributed by atoms with Crippen molar-refractivity contribution in [2.75, 3.05) is 13.2 Å². The van der Waals surface area contributed by atoms with Crippen LogP contribution in [-0.2, 0) is 4.79 Å². The number of rotatable bonds is 8. The molecule has 0 aliphatic carbocycles. The smallest absolute Gasteiger partial charge is 0.272 e. The number of hydrazine groups is 1. The van der Waals surface area contributed by atoms with Crippen molar-refractivity contribution in [1.82, 2.24) is 10.9 Å². The van der Waals surface area contributed by atoms with E-state index in [4.69, 9.17) is 9.47 Å². The monoisotopic (exact) mass is 400 g/mol. The topological polar surface area (TPSA) is 76.7 Å². The number of hydrogen-bond acceptors (Lipinski definition) is 4. The van der Waals surface area contributed by atoms with Gasteiger partial charge in [-0.2, -0.15) is 0 Å². The van der Waals surface area contributed by atoms with E-state index in [2.05, 4.69) is 24.7 Å². The third kappa shape index (κ3) is 6.95. The fourth-order valence-electron chi connectivity index (χ4n) is 2.32. The molecule has 0 aliphatic heterocycles. The van der Waals surface area contributed by atoms with Crippen molar-refractivity contribution in [3.63, 3.8) is 0 Å². The molecule has 0 saturated heterocycles. The second-order valence-electron chi connectivity index (χ2n) is 6.60. The lowest BCUT2D eigenvalue weighted by atomic mass is 10.2. The summed E-state index contributed by atoms with van der Waals surface area (Å²) in [5.74, 6) is -0.365. The Morgan fingerprint density at radius 2 is 1.83 bits per heavy atom. The quantitative estimate of drug-likeness (QED) is 0.523. The Labute approximate surface area is 169 Å². The van der Waals surface area contributed by atoms with Gasteiger partial charge in [-0.3, -0.25) is 20.4 Å². The summed E-state index contributed by atoms with van der Waals surface area (Å²) in [7, 11) is 0. The maximum absolute atomic E-state index is 13.6. The lowest BCUT2D eigenvalue weighted by molar-refractivity contribution is -0.117. The molecule has 0 fully saturated rings. The number of ether oxygens (including phenoxy) is 2. The maximum Gasteiger partial charge on any atom is 0.272 e. The summed E-state index contributed by atoms with van der Waals surface area (Å²) >= 11 is 0. The first-order valence-corrected chi connectivity index (χ1v) is 9.33. The van der Waals surface area contributed by atoms with Crippen LogP contribution in [0, 0.1) is 11.7 Å². The van der Waals surface area contributed by atoms with Gasteiger partial charge in [-0.1, -0.05) is 32.0 Å². The highest BCUT2D eigenvalue weighted by molar-refractivity contribution is 5.98. The predicted octanol–water partition coefficient (Wildman–Crippen LogP) is 3.73. The normalized spacial score (nSPS) is 10.8. The number of carbonyl (C=O) groups excluding carboxylic acids is 2. The van der Waals surface area contributed by atoms with Gasteiger partial charge in [0.1, 0.15) is 5.82 Å². The number of nitrogens with one attached hydrogen (secondary N) is 2. The summed E-state index contributed by atoms with van der Waals surface area (Å²) in [6.45, 7) is 7.04. The van der Waals surface area contributed by atoms with Crippen LogP contribution in [0.3, 0.4) is 0 Å². The third-order valence-electron chi connectivity index (χ3n) is 3.68. The van der Waals surface area contributed by atoms with Crippen molar-refractivity contribution in [3.05, 3.63) is 65.5 Å². The van der Waals surface area contributed by atoms with Gasteiger partial charge in [0.05, 0.1) is 18.8 Å². The van der Waals surface area contributed by atoms with Gasteiger partial charge in [0.25, 0.3) is 11.8 Å². The predicted molar refractivity (Wildman–Crippen MR) is 109 cm³/mol. The lowest BCUT2D eigenvalue weighted by Gasteiger charge is -2.14. The average molecular weight is 400 g/mol. The summed E-state index contributed by atoms with van der Waals surface area (Å²) in [5, 5.41) is 0. The SMILES string of the molecule is CCOc1cc(C=CC(=O)NNC(=O)c2ccccc2F)ccc1OCC(C)C. The van der Waals surface area contributed by atoms with Crippen molar-refractivity contribution in [2.45, 2.75) is 20.8 Å². The molecule has 0 unspecified atom stereocenters. The molecule has 0 atom stereocenters. The lowest BCUT2D eigenvalue weighted by Crippen LogP contribution is -2.41. The molecule has 0 bridgehead atoms. The van der Waals surface area contributed by atoms with E-state index in [9.17, 15) is 14.0 Å². The van der Waals surface area contributed by atoms with Gasteiger partial charge < -0.3 is 9.47 Å². The minimum Gasteiger partial charge on any atom is -0.490 e. The van der Waals surface area contributed by atoms with Crippen LogP contribution in [0.25, 0.3) is 6.08 Å². The van der Waals surface area contributed by atoms with Crippen LogP contribution in [0.15, 0.2) is 48.5 Å². The molecule has 2 rings (SSSR count). The number of amides is 2. The molecule has 0 aliphatic rings. The maximum atomic E-state index is 13.6. The summed E-state index contributed by atoms with van der Waals surface area (Å²) in [4.78, 5) is 23.8. The largest absolute Gasteiger partial charge is 0.490 e. The Morgan fingerprint density at radius 3 is 2.52 bits per heavy atom. The van der Waals surface area contributed by atoms with Gasteiger partial charge in [-0.05, 0) is 48.7 Å². The first kappa shape index (κ1) is 21.9. The third-order valence-corrected chi connectivity index (χ3v) is 3.68. The second-order valence-corrected chi connectivity index (χ2v) is 6.60. The molecule has 0 saturated carbocycles. The Balaban J connectivity index is 1.97. The summed E-state index contributed by atoms with van der Waals surface area (Å²) in [5.41, 5.74) is 4.95. The van der Waals surface area contributed by atoms with Crippen LogP contribution >= 0.6 is 0 Å². The van der Waals surface area contributed by atoms with Crippen LogP contribution in [0.1, 0.15) is 36.7 Å². The number of halogens is 1. The Bertz CT molecular complexity index is 881. The molecule has 6 nitrogen and oxygen atoms in total. The zero-order chi connectivity index (χ0) is 21.2. The second kappa shape index (κ2) is 10.8.